The van der Waals surface area contributed by atoms with Crippen molar-refractivity contribution in [2.24, 2.45) is 0 Å². The highest BCUT2D eigenvalue weighted by atomic mass is 32.2. The second kappa shape index (κ2) is 8.17. The van der Waals surface area contributed by atoms with Crippen molar-refractivity contribution in [3.05, 3.63) is 60.0 Å². The first kappa shape index (κ1) is 20.5. The Morgan fingerprint density at radius 2 is 1.87 bits per heavy atom. The van der Waals surface area contributed by atoms with Crippen LogP contribution in [-0.4, -0.2) is 54.6 Å². The lowest BCUT2D eigenvalue weighted by Crippen LogP contribution is -2.24. The number of β-amino-alcohol motifs (C(OH)–C–C–N with tert-alkyl or cyclic N) is 1. The zero-order valence-corrected chi connectivity index (χ0v) is 17.5. The SMILES string of the molecule is COc1ccc(-c2noc(C3CC(O)CN3Cc3ccc(S(C)(=O)=O)cc3)n2)cc1. The van der Waals surface area contributed by atoms with Crippen LogP contribution in [0.1, 0.15) is 23.9 Å². The third-order valence-corrected chi connectivity index (χ3v) is 6.32. The summed E-state index contributed by atoms with van der Waals surface area (Å²) < 4.78 is 34.0. The van der Waals surface area contributed by atoms with Crippen LogP contribution in [0.5, 0.6) is 5.75 Å². The molecule has 0 spiro atoms. The van der Waals surface area contributed by atoms with Gasteiger partial charge in [-0.3, -0.25) is 4.90 Å². The summed E-state index contributed by atoms with van der Waals surface area (Å²) in [7, 11) is -1.62. The van der Waals surface area contributed by atoms with Gasteiger partial charge in [-0.2, -0.15) is 4.98 Å². The largest absolute Gasteiger partial charge is 0.497 e. The van der Waals surface area contributed by atoms with E-state index in [0.717, 1.165) is 16.9 Å². The minimum absolute atomic E-state index is 0.214. The molecule has 4 rings (SSSR count). The second-order valence-electron chi connectivity index (χ2n) is 7.44. The molecule has 0 bridgehead atoms. The van der Waals surface area contributed by atoms with E-state index >= 15 is 0 Å². The van der Waals surface area contributed by atoms with Gasteiger partial charge in [0, 0.05) is 24.9 Å². The molecule has 8 nitrogen and oxygen atoms in total. The summed E-state index contributed by atoms with van der Waals surface area (Å²) in [5.41, 5.74) is 1.75. The number of likely N-dealkylation sites (tertiary alicyclic amines) is 1. The zero-order valence-electron chi connectivity index (χ0n) is 16.7. The van der Waals surface area contributed by atoms with Crippen molar-refractivity contribution in [2.45, 2.75) is 30.0 Å². The number of aliphatic hydroxyl groups excluding tert-OH is 1. The predicted molar refractivity (Wildman–Crippen MR) is 110 cm³/mol. The lowest BCUT2D eigenvalue weighted by molar-refractivity contribution is 0.169. The van der Waals surface area contributed by atoms with Crippen LogP contribution < -0.4 is 4.74 Å². The number of methoxy groups -OCH3 is 1. The maximum Gasteiger partial charge on any atom is 0.244 e. The van der Waals surface area contributed by atoms with Crippen LogP contribution in [0.4, 0.5) is 0 Å². The first-order chi connectivity index (χ1) is 14.3. The number of rotatable bonds is 6. The van der Waals surface area contributed by atoms with E-state index in [2.05, 4.69) is 15.0 Å². The predicted octanol–water partition coefficient (Wildman–Crippen LogP) is 2.46. The molecule has 0 amide bonds. The number of sulfone groups is 1. The maximum absolute atomic E-state index is 11.6. The van der Waals surface area contributed by atoms with Crippen LogP contribution in [0.25, 0.3) is 11.4 Å². The van der Waals surface area contributed by atoms with E-state index in [-0.39, 0.29) is 10.9 Å². The molecule has 9 heteroatoms. The van der Waals surface area contributed by atoms with Gasteiger partial charge >= 0.3 is 0 Å². The Morgan fingerprint density at radius 1 is 1.17 bits per heavy atom. The van der Waals surface area contributed by atoms with Crippen LogP contribution in [0.2, 0.25) is 0 Å². The van der Waals surface area contributed by atoms with Crippen LogP contribution >= 0.6 is 0 Å². The quantitative estimate of drug-likeness (QED) is 0.637. The van der Waals surface area contributed by atoms with Gasteiger partial charge < -0.3 is 14.4 Å². The molecular formula is C21H23N3O5S. The van der Waals surface area contributed by atoms with Gasteiger partial charge in [0.15, 0.2) is 9.84 Å². The van der Waals surface area contributed by atoms with Gasteiger partial charge in [-0.05, 0) is 48.4 Å². The fraction of sp³-hybridized carbons (Fsp3) is 0.333. The number of hydrogen-bond donors (Lipinski definition) is 1. The zero-order chi connectivity index (χ0) is 21.3. The highest BCUT2D eigenvalue weighted by molar-refractivity contribution is 7.90. The van der Waals surface area contributed by atoms with Crippen molar-refractivity contribution in [1.29, 1.82) is 0 Å². The van der Waals surface area contributed by atoms with E-state index < -0.39 is 15.9 Å². The molecule has 1 aliphatic heterocycles. The Hall–Kier alpha value is -2.75. The van der Waals surface area contributed by atoms with Crippen molar-refractivity contribution in [2.75, 3.05) is 19.9 Å². The highest BCUT2D eigenvalue weighted by Crippen LogP contribution is 2.33. The average Bonchev–Trinajstić information content (AvgIpc) is 3.34. The van der Waals surface area contributed by atoms with Crippen molar-refractivity contribution >= 4 is 9.84 Å². The van der Waals surface area contributed by atoms with Gasteiger partial charge in [0.25, 0.3) is 0 Å². The molecule has 0 aliphatic carbocycles. The number of aliphatic hydroxyl groups is 1. The minimum atomic E-state index is -3.23. The summed E-state index contributed by atoms with van der Waals surface area (Å²) in [4.78, 5) is 6.88. The smallest absolute Gasteiger partial charge is 0.244 e. The molecule has 2 heterocycles. The van der Waals surface area contributed by atoms with Gasteiger partial charge in [-0.15, -0.1) is 0 Å². The van der Waals surface area contributed by atoms with Gasteiger partial charge in [0.05, 0.1) is 24.2 Å². The molecule has 0 saturated carbocycles. The molecular weight excluding hydrogens is 406 g/mol. The molecule has 30 heavy (non-hydrogen) atoms. The van der Waals surface area contributed by atoms with E-state index in [4.69, 9.17) is 9.26 Å². The Kier molecular flexibility index (Phi) is 5.59. The molecule has 2 unspecified atom stereocenters. The van der Waals surface area contributed by atoms with Gasteiger partial charge in [0.1, 0.15) is 5.75 Å². The van der Waals surface area contributed by atoms with Crippen LogP contribution in [0.3, 0.4) is 0 Å². The Bertz CT molecular complexity index is 1110. The highest BCUT2D eigenvalue weighted by Gasteiger charge is 2.36. The van der Waals surface area contributed by atoms with E-state index in [1.807, 2.05) is 24.3 Å². The number of benzene rings is 2. The van der Waals surface area contributed by atoms with Gasteiger partial charge in [-0.1, -0.05) is 17.3 Å². The molecule has 3 aromatic rings. The fourth-order valence-electron chi connectivity index (χ4n) is 3.62. The summed E-state index contributed by atoms with van der Waals surface area (Å²) in [6, 6.07) is 13.9. The van der Waals surface area contributed by atoms with Crippen molar-refractivity contribution in [1.82, 2.24) is 15.0 Å². The van der Waals surface area contributed by atoms with Gasteiger partial charge in [-0.25, -0.2) is 8.42 Å². The summed E-state index contributed by atoms with van der Waals surface area (Å²) in [5, 5.41) is 14.3. The van der Waals surface area contributed by atoms with E-state index in [1.165, 1.54) is 6.26 Å². The van der Waals surface area contributed by atoms with Crippen molar-refractivity contribution < 1.29 is 22.8 Å². The minimum Gasteiger partial charge on any atom is -0.497 e. The van der Waals surface area contributed by atoms with Crippen molar-refractivity contribution in [3.8, 4) is 17.1 Å². The van der Waals surface area contributed by atoms with Crippen LogP contribution in [0.15, 0.2) is 57.9 Å². The molecule has 1 N–H and O–H groups in total. The molecule has 1 aromatic heterocycles. The maximum atomic E-state index is 11.6. The van der Waals surface area contributed by atoms with Crippen LogP contribution in [0, 0.1) is 0 Å². The second-order valence-corrected chi connectivity index (χ2v) is 9.45. The Morgan fingerprint density at radius 3 is 2.50 bits per heavy atom. The fourth-order valence-corrected chi connectivity index (χ4v) is 4.25. The first-order valence-electron chi connectivity index (χ1n) is 9.52. The molecule has 2 atom stereocenters. The third-order valence-electron chi connectivity index (χ3n) is 5.19. The van der Waals surface area contributed by atoms with E-state index in [0.29, 0.717) is 31.2 Å². The molecule has 2 aromatic carbocycles. The first-order valence-corrected chi connectivity index (χ1v) is 11.4. The summed E-state index contributed by atoms with van der Waals surface area (Å²) >= 11 is 0. The van der Waals surface area contributed by atoms with Crippen molar-refractivity contribution in [3.63, 3.8) is 0 Å². The average molecular weight is 429 g/mol. The molecule has 0 radical (unpaired) electrons. The number of hydrogen-bond acceptors (Lipinski definition) is 8. The van der Waals surface area contributed by atoms with E-state index in [9.17, 15) is 13.5 Å². The molecule has 1 saturated heterocycles. The molecule has 1 fully saturated rings. The summed E-state index contributed by atoms with van der Waals surface area (Å²) in [5.74, 6) is 1.67. The number of aromatic nitrogens is 2. The topological polar surface area (TPSA) is 106 Å². The number of nitrogens with zero attached hydrogens (tertiary/aromatic N) is 3. The molecule has 158 valence electrons. The lowest BCUT2D eigenvalue weighted by Gasteiger charge is -2.21. The Balaban J connectivity index is 1.52. The normalized spacial score (nSPS) is 19.8. The standard InChI is InChI=1S/C21H23N3O5S/c1-28-17-7-5-15(6-8-17)20-22-21(29-23-20)19-11-16(25)13-24(19)12-14-3-9-18(10-4-14)30(2,26)27/h3-10,16,19,25H,11-13H2,1-2H3. The molecule has 1 aliphatic rings. The number of ether oxygens (including phenoxy) is 1. The Labute approximate surface area is 175 Å². The lowest BCUT2D eigenvalue weighted by atomic mass is 10.1. The van der Waals surface area contributed by atoms with Crippen LogP contribution in [-0.2, 0) is 16.4 Å². The van der Waals surface area contributed by atoms with Gasteiger partial charge in [0.2, 0.25) is 11.7 Å². The monoisotopic (exact) mass is 429 g/mol. The van der Waals surface area contributed by atoms with E-state index in [1.54, 1.807) is 31.4 Å². The summed E-state index contributed by atoms with van der Waals surface area (Å²) in [6.07, 6.45) is 1.18. The summed E-state index contributed by atoms with van der Waals surface area (Å²) in [6.45, 7) is 1.00. The third kappa shape index (κ3) is 4.38.